The summed E-state index contributed by atoms with van der Waals surface area (Å²) >= 11 is 5.69. The summed E-state index contributed by atoms with van der Waals surface area (Å²) in [4.78, 5) is 11.2. The fourth-order valence-electron chi connectivity index (χ4n) is 2.00. The molecule has 19 heavy (non-hydrogen) atoms. The van der Waals surface area contributed by atoms with Gasteiger partial charge in [0.2, 0.25) is 10.0 Å². The van der Waals surface area contributed by atoms with Crippen LogP contribution in [0, 0.1) is 5.41 Å². The number of carboxylic acid groups (broad SMARTS) is 1. The molecule has 2 rings (SSSR count). The molecule has 0 unspecified atom stereocenters. The van der Waals surface area contributed by atoms with Crippen LogP contribution in [0.3, 0.4) is 0 Å². The minimum Gasteiger partial charge on any atom is -0.481 e. The maximum Gasteiger partial charge on any atom is 0.310 e. The molecule has 1 saturated carbocycles. The van der Waals surface area contributed by atoms with Crippen LogP contribution in [-0.4, -0.2) is 26.0 Å². The molecule has 7 heteroatoms. The normalized spacial score (nSPS) is 17.7. The molecule has 0 heterocycles. The van der Waals surface area contributed by atoms with Crippen LogP contribution in [0.1, 0.15) is 19.3 Å². The molecule has 0 aliphatic heterocycles. The van der Waals surface area contributed by atoms with Crippen LogP contribution >= 0.6 is 11.6 Å². The van der Waals surface area contributed by atoms with E-state index in [9.17, 15) is 13.2 Å². The molecule has 5 nitrogen and oxygen atoms in total. The van der Waals surface area contributed by atoms with Crippen molar-refractivity contribution >= 4 is 27.6 Å². The molecular weight excluding hydrogens is 290 g/mol. The van der Waals surface area contributed by atoms with Crippen molar-refractivity contribution in [3.8, 4) is 0 Å². The zero-order chi connectivity index (χ0) is 14.1. The Bertz CT molecular complexity index is 578. The molecule has 0 bridgehead atoms. The van der Waals surface area contributed by atoms with E-state index in [1.807, 2.05) is 0 Å². The second kappa shape index (κ2) is 5.11. The lowest BCUT2D eigenvalue weighted by molar-refractivity contribution is -0.153. The second-order valence-electron chi connectivity index (χ2n) is 4.72. The predicted molar refractivity (Wildman–Crippen MR) is 70.6 cm³/mol. The molecule has 104 valence electrons. The maximum absolute atomic E-state index is 12.0. The summed E-state index contributed by atoms with van der Waals surface area (Å²) in [5.74, 6) is -0.947. The third-order valence-corrected chi connectivity index (χ3v) is 5.16. The van der Waals surface area contributed by atoms with Gasteiger partial charge in [-0.25, -0.2) is 13.1 Å². The highest BCUT2D eigenvalue weighted by Crippen LogP contribution is 2.40. The summed E-state index contributed by atoms with van der Waals surface area (Å²) in [6.45, 7) is -0.0761. The Morgan fingerprint density at radius 2 is 1.89 bits per heavy atom. The van der Waals surface area contributed by atoms with Gasteiger partial charge >= 0.3 is 5.97 Å². The largest absolute Gasteiger partial charge is 0.481 e. The number of hydrogen-bond donors (Lipinski definition) is 2. The first-order chi connectivity index (χ1) is 8.86. The molecule has 0 saturated heterocycles. The number of hydrogen-bond acceptors (Lipinski definition) is 3. The van der Waals surface area contributed by atoms with Gasteiger partial charge in [-0.05, 0) is 37.1 Å². The van der Waals surface area contributed by atoms with Crippen molar-refractivity contribution in [2.45, 2.75) is 24.2 Å². The standard InChI is InChI=1S/C12H14ClNO4S/c13-9-2-4-10(5-3-9)19(17,18)14-8-12(11(15)16)6-1-7-12/h2-5,14H,1,6-8H2,(H,15,16). The van der Waals surface area contributed by atoms with Crippen molar-refractivity contribution in [1.82, 2.24) is 4.72 Å². The van der Waals surface area contributed by atoms with Crippen LogP contribution in [0.2, 0.25) is 5.02 Å². The first-order valence-electron chi connectivity index (χ1n) is 5.84. The zero-order valence-corrected chi connectivity index (χ0v) is 11.7. The van der Waals surface area contributed by atoms with E-state index in [1.54, 1.807) is 0 Å². The van der Waals surface area contributed by atoms with Gasteiger partial charge in [-0.15, -0.1) is 0 Å². The van der Waals surface area contributed by atoms with Crippen molar-refractivity contribution in [3.63, 3.8) is 0 Å². The van der Waals surface area contributed by atoms with Crippen molar-refractivity contribution in [2.75, 3.05) is 6.54 Å². The molecule has 1 aromatic carbocycles. The van der Waals surface area contributed by atoms with Crippen LogP contribution in [0.15, 0.2) is 29.2 Å². The Labute approximate surface area is 116 Å². The minimum absolute atomic E-state index is 0.0761. The Morgan fingerprint density at radius 1 is 1.32 bits per heavy atom. The minimum atomic E-state index is -3.69. The van der Waals surface area contributed by atoms with E-state index in [0.29, 0.717) is 17.9 Å². The lowest BCUT2D eigenvalue weighted by Gasteiger charge is -2.37. The molecule has 0 spiro atoms. The van der Waals surface area contributed by atoms with Crippen molar-refractivity contribution in [3.05, 3.63) is 29.3 Å². The maximum atomic E-state index is 12.0. The van der Waals surface area contributed by atoms with Gasteiger partial charge in [-0.2, -0.15) is 0 Å². The van der Waals surface area contributed by atoms with Crippen LogP contribution < -0.4 is 4.72 Å². The van der Waals surface area contributed by atoms with Crippen LogP contribution in [-0.2, 0) is 14.8 Å². The van der Waals surface area contributed by atoms with E-state index in [0.717, 1.165) is 6.42 Å². The topological polar surface area (TPSA) is 83.5 Å². The molecule has 0 amide bonds. The highest BCUT2D eigenvalue weighted by molar-refractivity contribution is 7.89. The van der Waals surface area contributed by atoms with E-state index in [4.69, 9.17) is 16.7 Å². The lowest BCUT2D eigenvalue weighted by Crippen LogP contribution is -2.47. The molecular formula is C12H14ClNO4S. The van der Waals surface area contributed by atoms with E-state index in [-0.39, 0.29) is 11.4 Å². The molecule has 1 aromatic rings. The number of rotatable bonds is 5. The second-order valence-corrected chi connectivity index (χ2v) is 6.92. The van der Waals surface area contributed by atoms with Gasteiger partial charge in [0, 0.05) is 11.6 Å². The molecule has 0 radical (unpaired) electrons. The molecule has 1 fully saturated rings. The van der Waals surface area contributed by atoms with Crippen LogP contribution in [0.5, 0.6) is 0 Å². The fraction of sp³-hybridized carbons (Fsp3) is 0.417. The van der Waals surface area contributed by atoms with Crippen molar-refractivity contribution in [2.24, 2.45) is 5.41 Å². The number of carbonyl (C=O) groups is 1. The number of aliphatic carboxylic acids is 1. The smallest absolute Gasteiger partial charge is 0.310 e. The monoisotopic (exact) mass is 303 g/mol. The molecule has 0 aromatic heterocycles. The lowest BCUT2D eigenvalue weighted by atomic mass is 9.69. The zero-order valence-electron chi connectivity index (χ0n) is 10.1. The summed E-state index contributed by atoms with van der Waals surface area (Å²) < 4.78 is 26.4. The summed E-state index contributed by atoms with van der Waals surface area (Å²) in [7, 11) is -3.69. The Morgan fingerprint density at radius 3 is 2.32 bits per heavy atom. The number of sulfonamides is 1. The number of halogens is 1. The summed E-state index contributed by atoms with van der Waals surface area (Å²) in [5, 5.41) is 9.58. The first kappa shape index (κ1) is 14.3. The highest BCUT2D eigenvalue weighted by atomic mass is 35.5. The Balaban J connectivity index is 2.10. The van der Waals surface area contributed by atoms with Crippen molar-refractivity contribution < 1.29 is 18.3 Å². The number of carboxylic acids is 1. The first-order valence-corrected chi connectivity index (χ1v) is 7.71. The van der Waals surface area contributed by atoms with Gasteiger partial charge < -0.3 is 5.11 Å². The molecule has 1 aliphatic carbocycles. The van der Waals surface area contributed by atoms with E-state index in [2.05, 4.69) is 4.72 Å². The molecule has 0 atom stereocenters. The van der Waals surface area contributed by atoms with E-state index < -0.39 is 21.4 Å². The number of nitrogens with one attached hydrogen (secondary N) is 1. The quantitative estimate of drug-likeness (QED) is 0.870. The average Bonchev–Trinajstić information content (AvgIpc) is 2.27. The van der Waals surface area contributed by atoms with Gasteiger partial charge in [0.25, 0.3) is 0 Å². The summed E-state index contributed by atoms with van der Waals surface area (Å²) in [5.41, 5.74) is -0.945. The number of benzene rings is 1. The van der Waals surface area contributed by atoms with Gasteiger partial charge in [-0.1, -0.05) is 18.0 Å². The van der Waals surface area contributed by atoms with Crippen molar-refractivity contribution in [1.29, 1.82) is 0 Å². The van der Waals surface area contributed by atoms with Gasteiger partial charge in [0.1, 0.15) is 0 Å². The van der Waals surface area contributed by atoms with E-state index in [1.165, 1.54) is 24.3 Å². The SMILES string of the molecule is O=C(O)C1(CNS(=O)(=O)c2ccc(Cl)cc2)CCC1. The van der Waals surface area contributed by atoms with Gasteiger partial charge in [-0.3, -0.25) is 4.79 Å². The van der Waals surface area contributed by atoms with Crippen LogP contribution in [0.4, 0.5) is 0 Å². The molecule has 2 N–H and O–H groups in total. The average molecular weight is 304 g/mol. The highest BCUT2D eigenvalue weighted by Gasteiger charge is 2.44. The third kappa shape index (κ3) is 2.91. The fourth-order valence-corrected chi connectivity index (χ4v) is 3.25. The third-order valence-electron chi connectivity index (χ3n) is 3.49. The van der Waals surface area contributed by atoms with Gasteiger partial charge in [0.15, 0.2) is 0 Å². The molecule has 1 aliphatic rings. The summed E-state index contributed by atoms with van der Waals surface area (Å²) in [6.07, 6.45) is 1.83. The van der Waals surface area contributed by atoms with Crippen LogP contribution in [0.25, 0.3) is 0 Å². The van der Waals surface area contributed by atoms with E-state index >= 15 is 0 Å². The Hall–Kier alpha value is -1.11. The van der Waals surface area contributed by atoms with Gasteiger partial charge in [0.05, 0.1) is 10.3 Å². The summed E-state index contributed by atoms with van der Waals surface area (Å²) in [6, 6.07) is 5.73. The Kier molecular flexibility index (Phi) is 3.85. The predicted octanol–water partition coefficient (Wildman–Crippen LogP) is 1.87.